The summed E-state index contributed by atoms with van der Waals surface area (Å²) in [6.45, 7) is 0. The molecule has 0 heterocycles. The van der Waals surface area contributed by atoms with Gasteiger partial charge in [-0.3, -0.25) is 0 Å². The van der Waals surface area contributed by atoms with Crippen LogP contribution in [0.15, 0.2) is 0 Å². The van der Waals surface area contributed by atoms with Gasteiger partial charge in [0.15, 0.2) is 24.8 Å². The van der Waals surface area contributed by atoms with E-state index in [-0.39, 0.29) is 32.1 Å². The second-order valence-corrected chi connectivity index (χ2v) is 4.78. The molecule has 0 aliphatic carbocycles. The van der Waals surface area contributed by atoms with Crippen molar-refractivity contribution in [3.8, 4) is 0 Å². The summed E-state index contributed by atoms with van der Waals surface area (Å²) < 4.78 is 0. The zero-order valence-electron chi connectivity index (χ0n) is 13.6. The van der Waals surface area contributed by atoms with E-state index < -0.39 is 60.8 Å². The van der Waals surface area contributed by atoms with Gasteiger partial charge < -0.3 is 60.7 Å². The molecule has 0 rings (SSSR count). The molecule has 0 unspecified atom stereocenters. The number of aliphatic carboxylic acids is 2. The van der Waals surface area contributed by atoms with Crippen LogP contribution in [0.3, 0.4) is 0 Å². The number of carboxylic acids is 2. The van der Waals surface area contributed by atoms with E-state index in [1.54, 1.807) is 0 Å². The smallest absolute Gasteiger partial charge is 0.335 e. The van der Waals surface area contributed by atoms with Gasteiger partial charge in [-0.15, -0.1) is 0 Å². The number of hydrogen-bond donors (Lipinski definition) is 10. The number of aliphatic hydroxyl groups is 8. The first-order valence-electron chi connectivity index (χ1n) is 6.64. The number of rotatable bonds is 10. The van der Waals surface area contributed by atoms with E-state index in [0.29, 0.717) is 0 Å². The van der Waals surface area contributed by atoms with E-state index >= 15 is 0 Å². The molecule has 154 valence electrons. The van der Waals surface area contributed by atoms with Crippen molar-refractivity contribution < 1.29 is 89.7 Å². The van der Waals surface area contributed by atoms with Crippen molar-refractivity contribution in [3.05, 3.63) is 0 Å². The fraction of sp³-hybridized carbons (Fsp3) is 0.667. The minimum absolute atomic E-state index is 0. The third kappa shape index (κ3) is 10.5. The molecule has 14 nitrogen and oxygen atoms in total. The zero-order valence-corrected chi connectivity index (χ0v) is 16.6. The van der Waals surface area contributed by atoms with E-state index in [0.717, 1.165) is 0 Å². The van der Waals surface area contributed by atoms with Crippen molar-refractivity contribution >= 4 is 24.5 Å². The minimum Gasteiger partial charge on any atom is -0.479 e. The van der Waals surface area contributed by atoms with Gasteiger partial charge in [0.25, 0.3) is 0 Å². The van der Waals surface area contributed by atoms with Gasteiger partial charge >= 0.3 is 11.9 Å². The van der Waals surface area contributed by atoms with E-state index in [9.17, 15) is 19.2 Å². The maximum Gasteiger partial charge on any atom is 0.335 e. The Balaban J connectivity index is -0.000000411. The topological polar surface area (TPSA) is 271 Å². The van der Waals surface area contributed by atoms with Gasteiger partial charge in [-0.25, -0.2) is 9.59 Å². The summed E-state index contributed by atoms with van der Waals surface area (Å²) in [5, 5.41) is 86.4. The maximum atomic E-state index is 10.1. The quantitative estimate of drug-likeness (QED) is 0.109. The Labute approximate surface area is 163 Å². The van der Waals surface area contributed by atoms with Crippen molar-refractivity contribution in [1.29, 1.82) is 0 Å². The first-order chi connectivity index (χ1) is 11.8. The van der Waals surface area contributed by atoms with Crippen LogP contribution in [0.25, 0.3) is 0 Å². The van der Waals surface area contributed by atoms with Gasteiger partial charge in [0.2, 0.25) is 0 Å². The average molecular weight is 454 g/mol. The monoisotopic (exact) mass is 452 g/mol. The molecule has 0 bridgehead atoms. The predicted molar refractivity (Wildman–Crippen MR) is 75.5 cm³/mol. The van der Waals surface area contributed by atoms with Gasteiger partial charge in [0.1, 0.15) is 36.6 Å². The number of carboxylic acid groups (broad SMARTS) is 2. The van der Waals surface area contributed by atoms with Crippen molar-refractivity contribution in [3.63, 3.8) is 0 Å². The number of hydrogen-bond acceptors (Lipinski definition) is 12. The summed E-state index contributed by atoms with van der Waals surface area (Å²) in [6.07, 6.45) is -16.8. The second kappa shape index (κ2) is 14.6. The molecule has 27 heavy (non-hydrogen) atoms. The Morgan fingerprint density at radius 1 is 0.556 bits per heavy atom. The van der Waals surface area contributed by atoms with Crippen molar-refractivity contribution in [2.24, 2.45) is 0 Å². The van der Waals surface area contributed by atoms with Crippen LogP contribution >= 0.6 is 0 Å². The third-order valence-corrected chi connectivity index (χ3v) is 2.83. The molecule has 8 atom stereocenters. The van der Waals surface area contributed by atoms with Crippen LogP contribution < -0.4 is 0 Å². The summed E-state index contributed by atoms with van der Waals surface area (Å²) in [7, 11) is 0. The van der Waals surface area contributed by atoms with Crippen LogP contribution in [0.4, 0.5) is 0 Å². The molecule has 0 aromatic rings. The molecule has 0 spiro atoms. The third-order valence-electron chi connectivity index (χ3n) is 2.83. The summed E-state index contributed by atoms with van der Waals surface area (Å²) in [6, 6.07) is 0. The number of carbonyl (C=O) groups excluding carboxylic acids is 2. The molecular weight excluding hydrogens is 434 g/mol. The first-order valence-corrected chi connectivity index (χ1v) is 6.64. The molecule has 10 N–H and O–H groups in total. The fourth-order valence-corrected chi connectivity index (χ4v) is 1.23. The molecule has 0 radical (unpaired) electrons. The predicted octanol–water partition coefficient (Wildman–Crippen LogP) is -6.58. The van der Waals surface area contributed by atoms with E-state index in [4.69, 9.17) is 51.1 Å². The molecule has 0 amide bonds. The van der Waals surface area contributed by atoms with Crippen LogP contribution in [0.2, 0.25) is 0 Å². The molecule has 0 aliphatic heterocycles. The van der Waals surface area contributed by atoms with Gasteiger partial charge in [-0.05, 0) is 0 Å². The number of aliphatic hydroxyl groups excluding tert-OH is 8. The Kier molecular flexibility index (Phi) is 16.4. The van der Waals surface area contributed by atoms with Crippen LogP contribution in [0, 0.1) is 0 Å². The number of aldehydes is 2. The van der Waals surface area contributed by atoms with Crippen molar-refractivity contribution in [2.45, 2.75) is 48.8 Å². The molecule has 0 fully saturated rings. The normalized spacial score (nSPS) is 19.3. The van der Waals surface area contributed by atoms with Crippen molar-refractivity contribution in [2.75, 3.05) is 0 Å². The minimum atomic E-state index is -2.25. The molecule has 0 aliphatic rings. The molecule has 0 aromatic carbocycles. The molecule has 15 heteroatoms. The van der Waals surface area contributed by atoms with Gasteiger partial charge in [-0.2, -0.15) is 0 Å². The molecule has 0 saturated heterocycles. The Morgan fingerprint density at radius 3 is 0.926 bits per heavy atom. The zero-order chi connectivity index (χ0) is 21.2. The fourth-order valence-electron chi connectivity index (χ4n) is 1.23. The molecule has 0 saturated carbocycles. The summed E-state index contributed by atoms with van der Waals surface area (Å²) in [5.74, 6) is -3.52. The molecule has 0 aromatic heterocycles. The second-order valence-electron chi connectivity index (χ2n) is 4.78. The Morgan fingerprint density at radius 2 is 0.778 bits per heavy atom. The number of carbonyl (C=O) groups is 4. The van der Waals surface area contributed by atoms with Crippen LogP contribution in [0.1, 0.15) is 0 Å². The van der Waals surface area contributed by atoms with Crippen molar-refractivity contribution in [1.82, 2.24) is 0 Å². The SMILES string of the molecule is O=C[C@H](O)[C@@H](O)[C@H](O)[C@H](O)C(=O)O.O=C[C@H](O)[C@@H](O)[C@H](O)[C@H](O)C(=O)O.[Zn]. The Bertz CT molecular complexity index is 431. The summed E-state index contributed by atoms with van der Waals surface area (Å²) in [5.41, 5.74) is 0. The van der Waals surface area contributed by atoms with Crippen LogP contribution in [-0.4, -0.2) is 124 Å². The summed E-state index contributed by atoms with van der Waals surface area (Å²) >= 11 is 0. The van der Waals surface area contributed by atoms with E-state index in [1.165, 1.54) is 0 Å². The van der Waals surface area contributed by atoms with Gasteiger partial charge in [-0.1, -0.05) is 0 Å². The standard InChI is InChI=1S/2C6H10O7.Zn/c2*7-1-2(8)3(9)4(10)5(11)6(12)13;/h2*1-5,8-11H,(H,12,13);/t2*2-,3+,4-,5-;/m00./s1. The first kappa shape index (κ1) is 30.3. The van der Waals surface area contributed by atoms with E-state index in [2.05, 4.69) is 0 Å². The van der Waals surface area contributed by atoms with Crippen LogP contribution in [-0.2, 0) is 38.7 Å². The van der Waals surface area contributed by atoms with Crippen LogP contribution in [0.5, 0.6) is 0 Å². The Hall–Kier alpha value is -1.42. The largest absolute Gasteiger partial charge is 0.479 e. The average Bonchev–Trinajstić information content (AvgIpc) is 2.62. The summed E-state index contributed by atoms with van der Waals surface area (Å²) in [4.78, 5) is 39.9. The van der Waals surface area contributed by atoms with E-state index in [1.807, 2.05) is 0 Å². The molecular formula is C12H20O14Zn. The van der Waals surface area contributed by atoms with Gasteiger partial charge in [0, 0.05) is 19.5 Å². The van der Waals surface area contributed by atoms with Gasteiger partial charge in [0.05, 0.1) is 0 Å². The maximum absolute atomic E-state index is 10.1.